The number of esters is 1. The second kappa shape index (κ2) is 13.4. The van der Waals surface area contributed by atoms with Gasteiger partial charge in [0.1, 0.15) is 11.5 Å². The van der Waals surface area contributed by atoms with Gasteiger partial charge in [-0.15, -0.1) is 0 Å². The van der Waals surface area contributed by atoms with Gasteiger partial charge in [-0.05, 0) is 67.1 Å². The van der Waals surface area contributed by atoms with Crippen LogP contribution in [0.15, 0.2) is 60.7 Å². The molecule has 0 radical (unpaired) electrons. The number of ether oxygens (including phenoxy) is 2. The van der Waals surface area contributed by atoms with Gasteiger partial charge in [-0.3, -0.25) is 14.4 Å². The number of hydrogen-bond donors (Lipinski definition) is 2. The van der Waals surface area contributed by atoms with Crippen LogP contribution >= 0.6 is 46.4 Å². The van der Waals surface area contributed by atoms with Gasteiger partial charge in [0.15, 0.2) is 6.61 Å². The zero-order valence-corrected chi connectivity index (χ0v) is 21.7. The van der Waals surface area contributed by atoms with E-state index in [-0.39, 0.29) is 30.2 Å². The van der Waals surface area contributed by atoms with Crippen molar-refractivity contribution in [1.82, 2.24) is 0 Å². The van der Waals surface area contributed by atoms with Crippen LogP contribution in [0.3, 0.4) is 0 Å². The van der Waals surface area contributed by atoms with E-state index in [9.17, 15) is 14.4 Å². The molecule has 0 saturated heterocycles. The van der Waals surface area contributed by atoms with Crippen molar-refractivity contribution in [2.45, 2.75) is 19.3 Å². The standard InChI is InChI=1S/C25H20Cl4N2O5/c26-15-4-11-22(21(29)12-15)36-18-8-5-16(6-9-18)30-23(32)2-1-3-25(34)35-14-24(33)31-17-7-10-19(27)20(28)13-17/h4-13H,1-3,14H2,(H,30,32)(H,31,33). The third-order valence-electron chi connectivity index (χ3n) is 4.61. The first-order valence-electron chi connectivity index (χ1n) is 10.6. The molecule has 188 valence electrons. The number of halogens is 4. The largest absolute Gasteiger partial charge is 0.456 e. The van der Waals surface area contributed by atoms with E-state index in [1.165, 1.54) is 12.1 Å². The van der Waals surface area contributed by atoms with Gasteiger partial charge in [0, 0.05) is 29.2 Å². The summed E-state index contributed by atoms with van der Waals surface area (Å²) in [5.41, 5.74) is 0.992. The number of carbonyl (C=O) groups excluding carboxylic acids is 3. The van der Waals surface area contributed by atoms with Gasteiger partial charge >= 0.3 is 5.97 Å². The maximum absolute atomic E-state index is 12.2. The summed E-state index contributed by atoms with van der Waals surface area (Å²) in [4.78, 5) is 35.9. The van der Waals surface area contributed by atoms with Gasteiger partial charge in [0.25, 0.3) is 5.91 Å². The number of anilines is 2. The fourth-order valence-corrected chi connectivity index (χ4v) is 3.64. The lowest BCUT2D eigenvalue weighted by molar-refractivity contribution is -0.147. The van der Waals surface area contributed by atoms with Crippen molar-refractivity contribution in [2.24, 2.45) is 0 Å². The molecule has 0 aliphatic rings. The Hall–Kier alpha value is -2.97. The number of amides is 2. The molecule has 2 N–H and O–H groups in total. The number of nitrogens with one attached hydrogen (secondary N) is 2. The van der Waals surface area contributed by atoms with Gasteiger partial charge in [-0.1, -0.05) is 46.4 Å². The summed E-state index contributed by atoms with van der Waals surface area (Å²) in [6.07, 6.45) is 0.348. The van der Waals surface area contributed by atoms with E-state index in [2.05, 4.69) is 10.6 Å². The molecular formula is C25H20Cl4N2O5. The number of hydrogen-bond acceptors (Lipinski definition) is 5. The second-order valence-electron chi connectivity index (χ2n) is 7.44. The molecule has 0 saturated carbocycles. The van der Waals surface area contributed by atoms with Crippen molar-refractivity contribution in [1.29, 1.82) is 0 Å². The molecule has 0 bridgehead atoms. The highest BCUT2D eigenvalue weighted by Gasteiger charge is 2.11. The SMILES string of the molecule is O=C(CCCC(=O)OCC(=O)Nc1ccc(Cl)c(Cl)c1)Nc1ccc(Oc2ccc(Cl)cc2Cl)cc1. The van der Waals surface area contributed by atoms with Gasteiger partial charge in [-0.25, -0.2) is 0 Å². The Labute approximate surface area is 227 Å². The maximum atomic E-state index is 12.2. The van der Waals surface area contributed by atoms with Gasteiger partial charge < -0.3 is 20.1 Å². The molecule has 0 heterocycles. The third kappa shape index (κ3) is 8.91. The minimum absolute atomic E-state index is 0.0118. The molecule has 7 nitrogen and oxygen atoms in total. The molecule has 0 spiro atoms. The van der Waals surface area contributed by atoms with E-state index >= 15 is 0 Å². The van der Waals surface area contributed by atoms with Crippen molar-refractivity contribution in [3.8, 4) is 11.5 Å². The van der Waals surface area contributed by atoms with E-state index in [4.69, 9.17) is 55.9 Å². The van der Waals surface area contributed by atoms with E-state index in [1.54, 1.807) is 48.5 Å². The quantitative estimate of drug-likeness (QED) is 0.248. The molecule has 0 aromatic heterocycles. The Bertz CT molecular complexity index is 1250. The van der Waals surface area contributed by atoms with Crippen LogP contribution in [0, 0.1) is 0 Å². The zero-order chi connectivity index (χ0) is 26.1. The molecule has 11 heteroatoms. The Morgan fingerprint density at radius 3 is 2.08 bits per heavy atom. The van der Waals surface area contributed by atoms with Crippen LogP contribution in [0.1, 0.15) is 19.3 Å². The highest BCUT2D eigenvalue weighted by atomic mass is 35.5. The summed E-state index contributed by atoms with van der Waals surface area (Å²) in [5.74, 6) is -0.394. The van der Waals surface area contributed by atoms with Crippen molar-refractivity contribution in [3.05, 3.63) is 80.8 Å². The predicted molar refractivity (Wildman–Crippen MR) is 142 cm³/mol. The van der Waals surface area contributed by atoms with Crippen LogP contribution in [0.25, 0.3) is 0 Å². The number of benzene rings is 3. The van der Waals surface area contributed by atoms with Crippen molar-refractivity contribution in [3.63, 3.8) is 0 Å². The first-order valence-corrected chi connectivity index (χ1v) is 12.1. The smallest absolute Gasteiger partial charge is 0.306 e. The summed E-state index contributed by atoms with van der Waals surface area (Å²) < 4.78 is 10.6. The summed E-state index contributed by atoms with van der Waals surface area (Å²) in [6.45, 7) is -0.457. The lowest BCUT2D eigenvalue weighted by Gasteiger charge is -2.10. The van der Waals surface area contributed by atoms with Gasteiger partial charge in [-0.2, -0.15) is 0 Å². The average molecular weight is 570 g/mol. The van der Waals surface area contributed by atoms with E-state index in [0.717, 1.165) is 0 Å². The molecular weight excluding hydrogens is 550 g/mol. The minimum Gasteiger partial charge on any atom is -0.456 e. The Balaban J connectivity index is 1.34. The molecule has 0 atom stereocenters. The van der Waals surface area contributed by atoms with Gasteiger partial charge in [0.05, 0.1) is 15.1 Å². The first kappa shape index (κ1) is 27.6. The average Bonchev–Trinajstić information content (AvgIpc) is 2.83. The zero-order valence-electron chi connectivity index (χ0n) is 18.7. The van der Waals surface area contributed by atoms with Crippen LogP contribution < -0.4 is 15.4 Å². The highest BCUT2D eigenvalue weighted by Crippen LogP contribution is 2.32. The van der Waals surface area contributed by atoms with Gasteiger partial charge in [0.2, 0.25) is 5.91 Å². The van der Waals surface area contributed by atoms with Crippen LogP contribution in [0.5, 0.6) is 11.5 Å². The van der Waals surface area contributed by atoms with Crippen LogP contribution in [0.2, 0.25) is 20.1 Å². The molecule has 3 rings (SSSR count). The Kier molecular flexibility index (Phi) is 10.3. The Morgan fingerprint density at radius 2 is 1.39 bits per heavy atom. The molecule has 0 unspecified atom stereocenters. The Morgan fingerprint density at radius 1 is 0.694 bits per heavy atom. The van der Waals surface area contributed by atoms with Crippen LogP contribution in [0.4, 0.5) is 11.4 Å². The lowest BCUT2D eigenvalue weighted by atomic mass is 10.2. The first-order chi connectivity index (χ1) is 17.2. The topological polar surface area (TPSA) is 93.7 Å². The van der Waals surface area contributed by atoms with Crippen LogP contribution in [-0.2, 0) is 19.1 Å². The summed E-state index contributed by atoms with van der Waals surface area (Å²) in [6, 6.07) is 16.2. The summed E-state index contributed by atoms with van der Waals surface area (Å²) in [5, 5.41) is 6.81. The molecule has 0 fully saturated rings. The monoisotopic (exact) mass is 568 g/mol. The van der Waals surface area contributed by atoms with Crippen molar-refractivity contribution < 1.29 is 23.9 Å². The molecule has 3 aromatic carbocycles. The third-order valence-corrected chi connectivity index (χ3v) is 5.88. The van der Waals surface area contributed by atoms with Crippen LogP contribution in [-0.4, -0.2) is 24.4 Å². The van der Waals surface area contributed by atoms with Crippen molar-refractivity contribution >= 4 is 75.6 Å². The molecule has 0 aliphatic heterocycles. The number of rotatable bonds is 10. The molecule has 2 amide bonds. The van der Waals surface area contributed by atoms with E-state index < -0.39 is 18.5 Å². The molecule has 36 heavy (non-hydrogen) atoms. The van der Waals surface area contributed by atoms with E-state index in [1.807, 2.05) is 0 Å². The summed E-state index contributed by atoms with van der Waals surface area (Å²) >= 11 is 23.7. The fraction of sp³-hybridized carbons (Fsp3) is 0.160. The minimum atomic E-state index is -0.588. The predicted octanol–water partition coefficient (Wildman–Crippen LogP) is 7.38. The van der Waals surface area contributed by atoms with Crippen molar-refractivity contribution in [2.75, 3.05) is 17.2 Å². The second-order valence-corrected chi connectivity index (χ2v) is 9.10. The lowest BCUT2D eigenvalue weighted by Crippen LogP contribution is -2.21. The molecule has 0 aliphatic carbocycles. The fourth-order valence-electron chi connectivity index (χ4n) is 2.90. The summed E-state index contributed by atoms with van der Waals surface area (Å²) in [7, 11) is 0. The number of carbonyl (C=O) groups is 3. The van der Waals surface area contributed by atoms with E-state index in [0.29, 0.717) is 37.9 Å². The highest BCUT2D eigenvalue weighted by molar-refractivity contribution is 6.42. The maximum Gasteiger partial charge on any atom is 0.306 e. The molecule has 3 aromatic rings. The normalized spacial score (nSPS) is 10.4.